The molecular weight excluding hydrogens is 408 g/mol. The molecule has 10 heteroatoms. The Balaban J connectivity index is -0.0000000932. The molecule has 2 atom stereocenters. The minimum absolute atomic E-state index is 0. The molecule has 0 heterocycles. The summed E-state index contributed by atoms with van der Waals surface area (Å²) in [6, 6.07) is 0. The van der Waals surface area contributed by atoms with Gasteiger partial charge in [-0.1, -0.05) is 15.9 Å². The molecule has 1 aliphatic rings. The maximum Gasteiger partial charge on any atom is 0 e. The first-order chi connectivity index (χ1) is 10.2. The molecule has 0 aromatic heterocycles. The maximum atomic E-state index is 11.1. The maximum absolute atomic E-state index is 11.1. The molecule has 22 heavy (non-hydrogen) atoms. The zero-order valence-electron chi connectivity index (χ0n) is 11.2. The number of esters is 2. The number of methoxy groups -OCH3 is 2. The van der Waals surface area contributed by atoms with Gasteiger partial charge in [-0.25, -0.2) is 0 Å². The molecule has 1 fully saturated rings. The molecule has 0 N–H and O–H groups in total. The monoisotopic (exact) mass is 416 g/mol. The summed E-state index contributed by atoms with van der Waals surface area (Å²) in [7, 11) is 2.59. The van der Waals surface area contributed by atoms with Crippen molar-refractivity contribution in [1.29, 1.82) is 0 Å². The van der Waals surface area contributed by atoms with Crippen LogP contribution in [0, 0.1) is 38.4 Å². The summed E-state index contributed by atoms with van der Waals surface area (Å²) in [6.45, 7) is 18.0. The van der Waals surface area contributed by atoms with Crippen LogP contribution in [0.15, 0.2) is 10.6 Å². The molecule has 120 valence electrons. The van der Waals surface area contributed by atoms with Crippen LogP contribution >= 0.6 is 15.9 Å². The van der Waals surface area contributed by atoms with Crippen molar-refractivity contribution in [2.24, 2.45) is 11.8 Å². The van der Waals surface area contributed by atoms with Gasteiger partial charge in [-0.15, -0.1) is 0 Å². The molecule has 0 bridgehead atoms. The minimum atomic E-state index is -0.461. The van der Waals surface area contributed by atoms with E-state index in [1.54, 1.807) is 4.99 Å². The van der Waals surface area contributed by atoms with Crippen LogP contribution in [0.1, 0.15) is 0 Å². The van der Waals surface area contributed by atoms with Gasteiger partial charge in [0, 0.05) is 17.1 Å². The topological polar surface area (TPSA) is 132 Å². The molecule has 1 aliphatic carbocycles. The van der Waals surface area contributed by atoms with Gasteiger partial charge in [0.2, 0.25) is 0 Å². The van der Waals surface area contributed by atoms with Crippen LogP contribution in [-0.4, -0.2) is 26.2 Å². The second-order valence-electron chi connectivity index (χ2n) is 2.61. The van der Waals surface area contributed by atoms with Gasteiger partial charge in [0.15, 0.2) is 0 Å². The number of carbonyl (C=O) groups excluding carboxylic acids is 2. The Morgan fingerprint density at radius 2 is 1.14 bits per heavy atom. The van der Waals surface area contributed by atoms with E-state index in [4.69, 9.17) is 18.6 Å². The Bertz CT molecular complexity index is 376. The summed E-state index contributed by atoms with van der Waals surface area (Å²) < 4.78 is 39.0. The Labute approximate surface area is 146 Å². The predicted molar refractivity (Wildman–Crippen MR) is 63.7 cm³/mol. The van der Waals surface area contributed by atoms with Gasteiger partial charge >= 0.3 is 57.1 Å². The fourth-order valence-electron chi connectivity index (χ4n) is 1.22. The van der Waals surface area contributed by atoms with Crippen molar-refractivity contribution in [2.75, 3.05) is 14.2 Å². The number of carbonyl (C=O) groups is 2. The summed E-state index contributed by atoms with van der Waals surface area (Å²) in [5.74, 6) is -1.73. The predicted octanol–water partition coefficient (Wildman–Crippen LogP) is 0.705. The van der Waals surface area contributed by atoms with Crippen molar-refractivity contribution in [3.8, 4) is 0 Å². The zero-order chi connectivity index (χ0) is 18.0. The third kappa shape index (κ3) is 11.3. The van der Waals surface area contributed by atoms with Crippen molar-refractivity contribution in [2.45, 2.75) is 0 Å². The summed E-state index contributed by atoms with van der Waals surface area (Å²) in [5, 5.41) is 0. The Morgan fingerprint density at radius 1 is 0.909 bits per heavy atom. The second-order valence-corrected chi connectivity index (χ2v) is 3.07. The summed E-state index contributed by atoms with van der Waals surface area (Å²) in [4.78, 5) is 23.7. The van der Waals surface area contributed by atoms with Crippen molar-refractivity contribution >= 4 is 27.9 Å². The van der Waals surface area contributed by atoms with Crippen LogP contribution in [0.3, 0.4) is 0 Å². The van der Waals surface area contributed by atoms with Crippen LogP contribution < -0.4 is 0 Å². The third-order valence-corrected chi connectivity index (χ3v) is 2.51. The quantitative estimate of drug-likeness (QED) is 0.283. The number of hydrogen-bond acceptors (Lipinski definition) is 4. The van der Waals surface area contributed by atoms with E-state index in [1.807, 2.05) is 0 Å². The van der Waals surface area contributed by atoms with E-state index < -0.39 is 23.8 Å². The van der Waals surface area contributed by atoms with Crippen molar-refractivity contribution in [3.05, 3.63) is 37.2 Å². The van der Waals surface area contributed by atoms with E-state index >= 15 is 0 Å². The Kier molecular flexibility index (Phi) is 36.5. The molecule has 0 aliphatic heterocycles. The van der Waals surface area contributed by atoms with E-state index in [-0.39, 0.29) is 17.1 Å². The average molecular weight is 417 g/mol. The molecule has 0 aromatic rings. The minimum Gasteiger partial charge on any atom is 0 e. The third-order valence-electron chi connectivity index (χ3n) is 1.98. The summed E-state index contributed by atoms with van der Waals surface area (Å²) in [5.41, 5.74) is 0.707. The molecule has 0 unspecified atom stereocenters. The van der Waals surface area contributed by atoms with E-state index in [2.05, 4.69) is 52.0 Å². The van der Waals surface area contributed by atoms with Crippen molar-refractivity contribution in [1.82, 2.24) is 0 Å². The fourth-order valence-corrected chi connectivity index (χ4v) is 1.79. The van der Waals surface area contributed by atoms with Gasteiger partial charge in [-0.05, 0) is 10.6 Å². The first kappa shape index (κ1) is 32.5. The molecule has 8 nitrogen and oxygen atoms in total. The number of hydrogen-bond donors (Lipinski definition) is 0. The van der Waals surface area contributed by atoms with Crippen LogP contribution in [0.4, 0.5) is 0 Å². The standard InChI is InChI=1S/C8H9BrO4.4CO.Fe/c1-12-7(10)5-4(3-9)6(5)8(11)13-2;4*1-2;/h3,5-6H,1-2H3;;;;;/t5-,6-;;;;;/m0...../s1. The second kappa shape index (κ2) is 24.6. The van der Waals surface area contributed by atoms with Crippen LogP contribution in [0.25, 0.3) is 0 Å². The zero-order valence-corrected chi connectivity index (χ0v) is 13.9. The van der Waals surface area contributed by atoms with Gasteiger partial charge in [-0.3, -0.25) is 9.59 Å². The van der Waals surface area contributed by atoms with E-state index in [9.17, 15) is 9.59 Å². The van der Waals surface area contributed by atoms with Crippen molar-refractivity contribution < 1.29 is 54.7 Å². The van der Waals surface area contributed by atoms with Crippen molar-refractivity contribution in [3.63, 3.8) is 0 Å². The largest absolute Gasteiger partial charge is 0 e. The fraction of sp³-hybridized carbons (Fsp3) is 0.333. The van der Waals surface area contributed by atoms with Crippen LogP contribution in [0.5, 0.6) is 0 Å². The smallest absolute Gasteiger partial charge is 0 e. The van der Waals surface area contributed by atoms with E-state index in [1.165, 1.54) is 14.2 Å². The first-order valence-electron chi connectivity index (χ1n) is 4.44. The van der Waals surface area contributed by atoms with Gasteiger partial charge in [0.25, 0.3) is 0 Å². The van der Waals surface area contributed by atoms with E-state index in [0.717, 1.165) is 0 Å². The molecular formula is C12H9BrFeO8. The van der Waals surface area contributed by atoms with Gasteiger partial charge in [0.05, 0.1) is 26.1 Å². The molecule has 0 aromatic carbocycles. The molecule has 0 spiro atoms. The Morgan fingerprint density at radius 3 is 1.27 bits per heavy atom. The molecule has 0 radical (unpaired) electrons. The summed E-state index contributed by atoms with van der Waals surface area (Å²) in [6.07, 6.45) is 0. The average Bonchev–Trinajstić information content (AvgIpc) is 3.35. The molecule has 1 saturated carbocycles. The van der Waals surface area contributed by atoms with Crippen LogP contribution in [-0.2, 0) is 54.7 Å². The number of ether oxygens (including phenoxy) is 2. The SMILES string of the molecule is COC(=O)[C@H]1C(=CBr)[C@@H]1C(=O)OC.[C-]#[O+].[C-]#[O+].[C-]#[O+].[C-]#[O+].[Fe]. The molecule has 1 rings (SSSR count). The molecule has 0 saturated heterocycles. The van der Waals surface area contributed by atoms with Gasteiger partial charge in [0.1, 0.15) is 0 Å². The first-order valence-corrected chi connectivity index (χ1v) is 5.36. The normalized spacial score (nSPS) is 15.1. The summed E-state index contributed by atoms with van der Waals surface area (Å²) >= 11 is 3.07. The van der Waals surface area contributed by atoms with Gasteiger partial charge in [-0.2, -0.15) is 0 Å². The van der Waals surface area contributed by atoms with Crippen LogP contribution in [0.2, 0.25) is 0 Å². The van der Waals surface area contributed by atoms with Gasteiger partial charge < -0.3 is 9.47 Å². The Hall–Kier alpha value is -1.36. The molecule has 0 amide bonds. The number of halogens is 1. The number of rotatable bonds is 2. The van der Waals surface area contributed by atoms with E-state index in [0.29, 0.717) is 5.57 Å².